The second-order valence-corrected chi connectivity index (χ2v) is 3.36. The van der Waals surface area contributed by atoms with Crippen LogP contribution in [0, 0.1) is 6.42 Å². The van der Waals surface area contributed by atoms with Crippen LogP contribution in [0.15, 0.2) is 24.3 Å². The Bertz CT molecular complexity index is 124. The highest BCUT2D eigenvalue weighted by Crippen LogP contribution is 2.09. The van der Waals surface area contributed by atoms with Crippen LogP contribution in [-0.2, 0) is 0 Å². The molecule has 1 radical (unpaired) electrons. The van der Waals surface area contributed by atoms with Crippen molar-refractivity contribution in [3.8, 4) is 0 Å². The van der Waals surface area contributed by atoms with Crippen LogP contribution in [0.3, 0.4) is 0 Å². The lowest BCUT2D eigenvalue weighted by molar-refractivity contribution is 0.667. The van der Waals surface area contributed by atoms with Crippen LogP contribution in [0.1, 0.15) is 44.9 Å². The molecule has 0 heteroatoms. The van der Waals surface area contributed by atoms with Crippen LogP contribution in [0.25, 0.3) is 0 Å². The molecule has 0 nitrogen and oxygen atoms in total. The minimum atomic E-state index is 1.21. The molecule has 0 aromatic rings. The summed E-state index contributed by atoms with van der Waals surface area (Å²) in [5.41, 5.74) is 0. The van der Waals surface area contributed by atoms with Crippen molar-refractivity contribution >= 4 is 0 Å². The van der Waals surface area contributed by atoms with Crippen molar-refractivity contribution in [2.45, 2.75) is 44.9 Å². The molecule has 0 saturated carbocycles. The number of rotatable bonds is 0. The summed E-state index contributed by atoms with van der Waals surface area (Å²) >= 11 is 0. The van der Waals surface area contributed by atoms with E-state index in [0.717, 1.165) is 0 Å². The highest BCUT2D eigenvalue weighted by Gasteiger charge is 1.90. The topological polar surface area (TPSA) is 0 Å². The molecule has 1 rings (SSSR count). The second-order valence-electron chi connectivity index (χ2n) is 3.36. The zero-order valence-electron chi connectivity index (χ0n) is 7.84. The minimum absolute atomic E-state index is 1.21. The largest absolute Gasteiger partial charge is 0.0845 e. The summed E-state index contributed by atoms with van der Waals surface area (Å²) in [6.07, 6.45) is 20.5. The third-order valence-corrected chi connectivity index (χ3v) is 2.20. The molecule has 1 aliphatic carbocycles. The molecule has 0 heterocycles. The van der Waals surface area contributed by atoms with Gasteiger partial charge in [0.05, 0.1) is 0 Å². The molecule has 0 amide bonds. The predicted molar refractivity (Wildman–Crippen MR) is 54.9 cm³/mol. The molecule has 0 bridgehead atoms. The summed E-state index contributed by atoms with van der Waals surface area (Å²) < 4.78 is 0. The van der Waals surface area contributed by atoms with Crippen molar-refractivity contribution in [2.75, 3.05) is 0 Å². The van der Waals surface area contributed by atoms with E-state index in [-0.39, 0.29) is 0 Å². The van der Waals surface area contributed by atoms with Gasteiger partial charge >= 0.3 is 0 Å². The lowest BCUT2D eigenvalue weighted by Crippen LogP contribution is -1.81. The smallest absolute Gasteiger partial charge is 0.0345 e. The van der Waals surface area contributed by atoms with Gasteiger partial charge in [0, 0.05) is 0 Å². The molecule has 0 aromatic carbocycles. The van der Waals surface area contributed by atoms with E-state index in [1.54, 1.807) is 0 Å². The second kappa shape index (κ2) is 7.15. The Balaban J connectivity index is 2.21. The molecule has 0 N–H and O–H groups in total. The molecule has 12 heavy (non-hydrogen) atoms. The summed E-state index contributed by atoms with van der Waals surface area (Å²) in [6, 6.07) is 0. The first-order valence-electron chi connectivity index (χ1n) is 5.13. The molecule has 0 atom stereocenters. The molecule has 0 spiro atoms. The Hall–Kier alpha value is -0.520. The van der Waals surface area contributed by atoms with Crippen molar-refractivity contribution in [3.05, 3.63) is 30.7 Å². The molecule has 0 unspecified atom stereocenters. The third-order valence-electron chi connectivity index (χ3n) is 2.20. The summed E-state index contributed by atoms with van der Waals surface area (Å²) in [6.45, 7) is 0. The van der Waals surface area contributed by atoms with Crippen LogP contribution >= 0.6 is 0 Å². The Morgan fingerprint density at radius 3 is 2.25 bits per heavy atom. The molecule has 67 valence electrons. The van der Waals surface area contributed by atoms with E-state index < -0.39 is 0 Å². The first-order valence-corrected chi connectivity index (χ1v) is 5.13. The Morgan fingerprint density at radius 1 is 0.583 bits per heavy atom. The van der Waals surface area contributed by atoms with Crippen molar-refractivity contribution in [1.82, 2.24) is 0 Å². The first-order chi connectivity index (χ1) is 6.00. The van der Waals surface area contributed by atoms with Gasteiger partial charge in [0.1, 0.15) is 0 Å². The molecule has 1 aliphatic rings. The van der Waals surface area contributed by atoms with E-state index in [0.29, 0.717) is 0 Å². The zero-order valence-corrected chi connectivity index (χ0v) is 7.84. The maximum absolute atomic E-state index is 2.43. The summed E-state index contributed by atoms with van der Waals surface area (Å²) in [4.78, 5) is 0. The minimum Gasteiger partial charge on any atom is -0.0845 e. The monoisotopic (exact) mass is 163 g/mol. The van der Waals surface area contributed by atoms with Gasteiger partial charge < -0.3 is 0 Å². The van der Waals surface area contributed by atoms with E-state index in [4.69, 9.17) is 0 Å². The zero-order chi connectivity index (χ0) is 8.49. The van der Waals surface area contributed by atoms with E-state index in [2.05, 4.69) is 30.7 Å². The molecule has 0 aromatic heterocycles. The lowest BCUT2D eigenvalue weighted by Gasteiger charge is -1.99. The van der Waals surface area contributed by atoms with Gasteiger partial charge in [0.2, 0.25) is 0 Å². The van der Waals surface area contributed by atoms with Gasteiger partial charge in [-0.1, -0.05) is 43.6 Å². The first kappa shape index (κ1) is 9.57. The van der Waals surface area contributed by atoms with Crippen molar-refractivity contribution in [2.24, 2.45) is 0 Å². The predicted octanol–water partition coefficient (Wildman–Crippen LogP) is 4.05. The van der Waals surface area contributed by atoms with Crippen LogP contribution in [0.4, 0.5) is 0 Å². The molecule has 0 fully saturated rings. The molecule has 0 aliphatic heterocycles. The van der Waals surface area contributed by atoms with Crippen LogP contribution in [-0.4, -0.2) is 0 Å². The van der Waals surface area contributed by atoms with Gasteiger partial charge in [-0.2, -0.15) is 0 Å². The molecular formula is C12H19. The Labute approximate surface area is 76.4 Å². The molecular weight excluding hydrogens is 144 g/mol. The number of allylic oxidation sites excluding steroid dienone is 4. The van der Waals surface area contributed by atoms with E-state index in [9.17, 15) is 0 Å². The fraction of sp³-hybridized carbons (Fsp3) is 0.583. The number of hydrogen-bond donors (Lipinski definition) is 0. The Kier molecular flexibility index (Phi) is 5.70. The summed E-state index contributed by atoms with van der Waals surface area (Å²) in [7, 11) is 0. The van der Waals surface area contributed by atoms with Gasteiger partial charge in [-0.05, 0) is 32.1 Å². The molecule has 0 saturated heterocycles. The van der Waals surface area contributed by atoms with Crippen molar-refractivity contribution in [3.63, 3.8) is 0 Å². The highest BCUT2D eigenvalue weighted by molar-refractivity contribution is 5.02. The van der Waals surface area contributed by atoms with Crippen LogP contribution in [0.5, 0.6) is 0 Å². The standard InChI is InChI=1S/C12H19/c1-2-4-6-8-10-12-11-9-7-5-3-1/h1-4,9H,5-8,10-12H2/b3-1-,4-2+. The number of hydrogen-bond acceptors (Lipinski definition) is 0. The normalized spacial score (nSPS) is 26.7. The van der Waals surface area contributed by atoms with E-state index in [1.807, 2.05) is 0 Å². The maximum atomic E-state index is 2.43. The maximum Gasteiger partial charge on any atom is -0.0345 e. The van der Waals surface area contributed by atoms with E-state index in [1.165, 1.54) is 44.9 Å². The van der Waals surface area contributed by atoms with Crippen LogP contribution < -0.4 is 0 Å². The lowest BCUT2D eigenvalue weighted by atomic mass is 10.1. The van der Waals surface area contributed by atoms with Gasteiger partial charge in [0.15, 0.2) is 0 Å². The average Bonchev–Trinajstić information content (AvgIpc) is 2.05. The third kappa shape index (κ3) is 5.17. The Morgan fingerprint density at radius 2 is 1.33 bits per heavy atom. The van der Waals surface area contributed by atoms with Crippen molar-refractivity contribution in [1.29, 1.82) is 0 Å². The average molecular weight is 163 g/mol. The fourth-order valence-corrected chi connectivity index (χ4v) is 1.44. The SMILES string of the molecule is [CH]1CC/C=C\C=C\CCCCC1. The van der Waals surface area contributed by atoms with Gasteiger partial charge in [0.25, 0.3) is 0 Å². The summed E-state index contributed by atoms with van der Waals surface area (Å²) in [5, 5.41) is 0. The van der Waals surface area contributed by atoms with Gasteiger partial charge in [-0.15, -0.1) is 0 Å². The summed E-state index contributed by atoms with van der Waals surface area (Å²) in [5.74, 6) is 0. The van der Waals surface area contributed by atoms with Crippen LogP contribution in [0.2, 0.25) is 0 Å². The van der Waals surface area contributed by atoms with Gasteiger partial charge in [-0.25, -0.2) is 0 Å². The van der Waals surface area contributed by atoms with Gasteiger partial charge in [-0.3, -0.25) is 0 Å². The van der Waals surface area contributed by atoms with E-state index >= 15 is 0 Å². The van der Waals surface area contributed by atoms with Crippen molar-refractivity contribution < 1.29 is 0 Å². The quantitative estimate of drug-likeness (QED) is 0.505. The fourth-order valence-electron chi connectivity index (χ4n) is 1.44. The highest BCUT2D eigenvalue weighted by atomic mass is 14.0.